The number of carbonyl (C=O) groups excluding carboxylic acids is 1. The highest BCUT2D eigenvalue weighted by Crippen LogP contribution is 2.32. The van der Waals surface area contributed by atoms with Crippen LogP contribution in [0.3, 0.4) is 0 Å². The third kappa shape index (κ3) is 2.88. The number of rotatable bonds is 4. The van der Waals surface area contributed by atoms with Crippen molar-refractivity contribution in [3.05, 3.63) is 42.0 Å². The van der Waals surface area contributed by atoms with Crippen LogP contribution in [0.15, 0.2) is 36.4 Å². The molecule has 3 aliphatic heterocycles. The Bertz CT molecular complexity index is 525. The summed E-state index contributed by atoms with van der Waals surface area (Å²) in [5, 5.41) is 0. The van der Waals surface area contributed by atoms with E-state index in [0.717, 1.165) is 19.6 Å². The molecule has 0 aliphatic carbocycles. The van der Waals surface area contributed by atoms with E-state index in [1.807, 2.05) is 11.8 Å². The zero-order valence-electron chi connectivity index (χ0n) is 13.0. The minimum absolute atomic E-state index is 0.306. The molecule has 2 bridgehead atoms. The fourth-order valence-electron chi connectivity index (χ4n) is 3.47. The van der Waals surface area contributed by atoms with Gasteiger partial charge in [-0.2, -0.15) is 0 Å². The number of piperazine rings is 1. The predicted molar refractivity (Wildman–Crippen MR) is 85.9 cm³/mol. The average molecular weight is 284 g/mol. The van der Waals surface area contributed by atoms with Crippen LogP contribution in [0, 0.1) is 0 Å². The Morgan fingerprint density at radius 1 is 1.24 bits per heavy atom. The molecule has 1 aromatic rings. The van der Waals surface area contributed by atoms with Crippen LogP contribution < -0.4 is 0 Å². The number of fused-ring (bicyclic) bond motifs is 2. The summed E-state index contributed by atoms with van der Waals surface area (Å²) < 4.78 is 0. The van der Waals surface area contributed by atoms with Crippen molar-refractivity contribution in [2.24, 2.45) is 0 Å². The van der Waals surface area contributed by atoms with E-state index in [2.05, 4.69) is 48.2 Å². The van der Waals surface area contributed by atoms with Crippen LogP contribution in [-0.2, 0) is 4.79 Å². The van der Waals surface area contributed by atoms with Gasteiger partial charge in [-0.05, 0) is 24.5 Å². The Kier molecular flexibility index (Phi) is 4.11. The summed E-state index contributed by atoms with van der Waals surface area (Å²) in [6.07, 6.45) is 4.21. The zero-order chi connectivity index (χ0) is 14.8. The maximum absolute atomic E-state index is 11.8. The molecule has 3 nitrogen and oxygen atoms in total. The summed E-state index contributed by atoms with van der Waals surface area (Å²) in [5.74, 6) is 0.306. The molecule has 2 atom stereocenters. The van der Waals surface area contributed by atoms with Crippen molar-refractivity contribution in [1.29, 1.82) is 0 Å². The van der Waals surface area contributed by atoms with Gasteiger partial charge in [0.1, 0.15) is 0 Å². The molecule has 1 aromatic carbocycles. The predicted octanol–water partition coefficient (Wildman–Crippen LogP) is 2.79. The van der Waals surface area contributed by atoms with E-state index < -0.39 is 0 Å². The molecule has 0 saturated carbocycles. The number of allylic oxidation sites excluding steroid dienone is 1. The van der Waals surface area contributed by atoms with E-state index >= 15 is 0 Å². The van der Waals surface area contributed by atoms with Crippen molar-refractivity contribution in [3.8, 4) is 0 Å². The Labute approximate surface area is 127 Å². The minimum atomic E-state index is 0.306. The molecule has 112 valence electrons. The van der Waals surface area contributed by atoms with Gasteiger partial charge in [0.2, 0.25) is 5.91 Å². The van der Waals surface area contributed by atoms with E-state index in [9.17, 15) is 4.79 Å². The standard InChI is InChI=1S/C18H24N2O/c1-3-18(21)19-12-16-11-17(13-19)20(16)10-9-14(2)15-7-5-4-6-8-15/h4-9,16-17H,3,10-13H2,1-2H3/b14-9+. The van der Waals surface area contributed by atoms with Crippen LogP contribution in [0.25, 0.3) is 5.57 Å². The largest absolute Gasteiger partial charge is 0.340 e. The lowest BCUT2D eigenvalue weighted by atomic mass is 9.87. The molecule has 3 fully saturated rings. The number of carbonyl (C=O) groups is 1. The molecule has 3 saturated heterocycles. The van der Waals surface area contributed by atoms with Crippen molar-refractivity contribution in [1.82, 2.24) is 9.80 Å². The Balaban J connectivity index is 1.58. The number of hydrogen-bond acceptors (Lipinski definition) is 2. The van der Waals surface area contributed by atoms with Gasteiger partial charge in [-0.3, -0.25) is 9.69 Å². The summed E-state index contributed by atoms with van der Waals surface area (Å²) in [6, 6.07) is 11.7. The van der Waals surface area contributed by atoms with Crippen LogP contribution in [0.2, 0.25) is 0 Å². The molecule has 3 heterocycles. The second-order valence-corrected chi connectivity index (χ2v) is 6.15. The van der Waals surface area contributed by atoms with Gasteiger partial charge in [0.05, 0.1) is 0 Å². The van der Waals surface area contributed by atoms with Crippen molar-refractivity contribution in [2.45, 2.75) is 38.8 Å². The van der Waals surface area contributed by atoms with Gasteiger partial charge in [-0.1, -0.05) is 43.3 Å². The minimum Gasteiger partial charge on any atom is -0.340 e. The fourth-order valence-corrected chi connectivity index (χ4v) is 3.47. The van der Waals surface area contributed by atoms with E-state index in [1.54, 1.807) is 0 Å². The van der Waals surface area contributed by atoms with Gasteiger partial charge in [-0.25, -0.2) is 0 Å². The summed E-state index contributed by atoms with van der Waals surface area (Å²) in [6.45, 7) is 6.97. The fraction of sp³-hybridized carbons (Fsp3) is 0.500. The lowest BCUT2D eigenvalue weighted by molar-refractivity contribution is -0.142. The molecule has 0 N–H and O–H groups in total. The number of amides is 1. The van der Waals surface area contributed by atoms with Crippen LogP contribution in [0.4, 0.5) is 0 Å². The molecular weight excluding hydrogens is 260 g/mol. The second-order valence-electron chi connectivity index (χ2n) is 6.15. The molecule has 21 heavy (non-hydrogen) atoms. The van der Waals surface area contributed by atoms with E-state index in [4.69, 9.17) is 0 Å². The van der Waals surface area contributed by atoms with Crippen LogP contribution in [-0.4, -0.2) is 47.4 Å². The van der Waals surface area contributed by atoms with Crippen LogP contribution in [0.5, 0.6) is 0 Å². The maximum Gasteiger partial charge on any atom is 0.222 e. The van der Waals surface area contributed by atoms with Gasteiger partial charge in [0.25, 0.3) is 0 Å². The Morgan fingerprint density at radius 2 is 1.90 bits per heavy atom. The van der Waals surface area contributed by atoms with E-state index in [1.165, 1.54) is 17.6 Å². The molecular formula is C18H24N2O. The third-order valence-corrected chi connectivity index (χ3v) is 4.84. The van der Waals surface area contributed by atoms with Gasteiger partial charge in [-0.15, -0.1) is 0 Å². The smallest absolute Gasteiger partial charge is 0.222 e. The maximum atomic E-state index is 11.8. The first-order valence-corrected chi connectivity index (χ1v) is 7.94. The Morgan fingerprint density at radius 3 is 2.52 bits per heavy atom. The number of hydrogen-bond donors (Lipinski definition) is 0. The van der Waals surface area contributed by atoms with Crippen molar-refractivity contribution >= 4 is 11.5 Å². The lowest BCUT2D eigenvalue weighted by Crippen LogP contribution is -2.69. The van der Waals surface area contributed by atoms with E-state index in [-0.39, 0.29) is 0 Å². The normalized spacial score (nSPS) is 25.6. The van der Waals surface area contributed by atoms with Crippen LogP contribution in [0.1, 0.15) is 32.3 Å². The molecule has 4 rings (SSSR count). The topological polar surface area (TPSA) is 23.6 Å². The monoisotopic (exact) mass is 284 g/mol. The quantitative estimate of drug-likeness (QED) is 0.849. The van der Waals surface area contributed by atoms with Gasteiger partial charge < -0.3 is 4.90 Å². The molecule has 0 radical (unpaired) electrons. The van der Waals surface area contributed by atoms with Gasteiger partial charge >= 0.3 is 0 Å². The first kappa shape index (κ1) is 14.3. The van der Waals surface area contributed by atoms with Crippen molar-refractivity contribution < 1.29 is 4.79 Å². The molecule has 3 aliphatic rings. The second kappa shape index (κ2) is 6.02. The van der Waals surface area contributed by atoms with Crippen molar-refractivity contribution in [3.63, 3.8) is 0 Å². The molecule has 1 amide bonds. The van der Waals surface area contributed by atoms with E-state index in [0.29, 0.717) is 24.4 Å². The number of piperidine rings is 1. The Hall–Kier alpha value is -1.61. The first-order chi connectivity index (χ1) is 10.2. The lowest BCUT2D eigenvalue weighted by Gasteiger charge is -2.56. The number of benzene rings is 1. The zero-order valence-corrected chi connectivity index (χ0v) is 13.0. The highest BCUT2D eigenvalue weighted by Gasteiger charge is 2.44. The van der Waals surface area contributed by atoms with Crippen LogP contribution >= 0.6 is 0 Å². The molecule has 0 spiro atoms. The highest BCUT2D eigenvalue weighted by molar-refractivity contribution is 5.76. The summed E-state index contributed by atoms with van der Waals surface area (Å²) in [7, 11) is 0. The molecule has 2 unspecified atom stereocenters. The summed E-state index contributed by atoms with van der Waals surface area (Å²) >= 11 is 0. The first-order valence-electron chi connectivity index (χ1n) is 7.94. The summed E-state index contributed by atoms with van der Waals surface area (Å²) in [5.41, 5.74) is 2.63. The average Bonchev–Trinajstić information content (AvgIpc) is 2.54. The van der Waals surface area contributed by atoms with Gasteiger partial charge in [0.15, 0.2) is 0 Å². The SMILES string of the molecule is CCC(=O)N1CC2CC(C1)N2C/C=C(\C)c1ccccc1. The number of nitrogens with zero attached hydrogens (tertiary/aromatic N) is 2. The summed E-state index contributed by atoms with van der Waals surface area (Å²) in [4.78, 5) is 16.4. The molecule has 0 aromatic heterocycles. The molecule has 3 heteroatoms. The van der Waals surface area contributed by atoms with Crippen molar-refractivity contribution in [2.75, 3.05) is 19.6 Å². The third-order valence-electron chi connectivity index (χ3n) is 4.84. The van der Waals surface area contributed by atoms with Gasteiger partial charge in [0, 0.05) is 38.1 Å². The highest BCUT2D eigenvalue weighted by atomic mass is 16.2.